The first-order valence-electron chi connectivity index (χ1n) is 6.50. The second kappa shape index (κ2) is 7.58. The van der Waals surface area contributed by atoms with Crippen LogP contribution in [0, 0.1) is 0 Å². The molecule has 0 rings (SSSR count). The molecule has 0 atom stereocenters. The summed E-state index contributed by atoms with van der Waals surface area (Å²) in [5.41, 5.74) is 0.113. The summed E-state index contributed by atoms with van der Waals surface area (Å²) < 4.78 is 10.6. The highest BCUT2D eigenvalue weighted by molar-refractivity contribution is 6.72. The van der Waals surface area contributed by atoms with Crippen LogP contribution in [0.3, 0.4) is 0 Å². The molecule has 0 unspecified atom stereocenters. The predicted octanol–water partition coefficient (Wildman–Crippen LogP) is 2.53. The van der Waals surface area contributed by atoms with E-state index in [0.29, 0.717) is 0 Å². The molecule has 8 heteroatoms. The van der Waals surface area contributed by atoms with E-state index in [1.807, 2.05) is 39.3 Å². The first kappa shape index (κ1) is 18.8. The van der Waals surface area contributed by atoms with Gasteiger partial charge in [-0.2, -0.15) is 0 Å². The molecular formula is C12H25NO5Si2. The molecule has 0 bridgehead atoms. The van der Waals surface area contributed by atoms with Crippen LogP contribution in [0.2, 0.25) is 39.3 Å². The van der Waals surface area contributed by atoms with Crippen LogP contribution in [-0.2, 0) is 23.3 Å². The first-order chi connectivity index (χ1) is 8.94. The molecule has 0 N–H and O–H groups in total. The van der Waals surface area contributed by atoms with E-state index in [1.165, 1.54) is 7.11 Å². The third kappa shape index (κ3) is 9.73. The van der Waals surface area contributed by atoms with E-state index in [2.05, 4.69) is 9.99 Å². The lowest BCUT2D eigenvalue weighted by atomic mass is 10.2. The second-order valence-corrected chi connectivity index (χ2v) is 15.2. The molecule has 0 spiro atoms. The van der Waals surface area contributed by atoms with Gasteiger partial charge in [-0.05, 0) is 39.3 Å². The predicted molar refractivity (Wildman–Crippen MR) is 82.6 cm³/mol. The third-order valence-electron chi connectivity index (χ3n) is 1.82. The molecule has 20 heavy (non-hydrogen) atoms. The molecule has 0 heterocycles. The highest BCUT2D eigenvalue weighted by atomic mass is 28.4. The molecule has 6 nitrogen and oxygen atoms in total. The van der Waals surface area contributed by atoms with E-state index in [9.17, 15) is 9.59 Å². The zero-order valence-corrected chi connectivity index (χ0v) is 15.4. The number of hydrogen-bond donors (Lipinski definition) is 0. The Labute approximate surface area is 122 Å². The fraction of sp³-hybridized carbons (Fsp3) is 0.750. The van der Waals surface area contributed by atoms with Crippen LogP contribution in [0.4, 0.5) is 0 Å². The molecule has 0 aromatic rings. The summed E-state index contributed by atoms with van der Waals surface area (Å²) in [4.78, 5) is 28.2. The van der Waals surface area contributed by atoms with Gasteiger partial charge in [0, 0.05) is 6.42 Å². The van der Waals surface area contributed by atoms with Gasteiger partial charge in [0.15, 0.2) is 5.71 Å². The Bertz CT molecular complexity index is 382. The van der Waals surface area contributed by atoms with Gasteiger partial charge in [-0.15, -0.1) is 0 Å². The van der Waals surface area contributed by atoms with E-state index in [0.717, 1.165) is 0 Å². The van der Waals surface area contributed by atoms with Crippen molar-refractivity contribution in [1.29, 1.82) is 0 Å². The van der Waals surface area contributed by atoms with Crippen LogP contribution in [0.1, 0.15) is 12.8 Å². The summed E-state index contributed by atoms with van der Waals surface area (Å²) in [6.45, 7) is 11.5. The van der Waals surface area contributed by atoms with Gasteiger partial charge in [0.2, 0.25) is 16.6 Å². The van der Waals surface area contributed by atoms with E-state index < -0.39 is 22.6 Å². The van der Waals surface area contributed by atoms with Gasteiger partial charge in [-0.3, -0.25) is 4.79 Å². The van der Waals surface area contributed by atoms with Crippen molar-refractivity contribution in [3.8, 4) is 0 Å². The Hall–Kier alpha value is -1.16. The van der Waals surface area contributed by atoms with Crippen LogP contribution < -0.4 is 0 Å². The minimum absolute atomic E-state index is 0.0905. The number of rotatable bonds is 7. The minimum atomic E-state index is -2.00. The third-order valence-corrected chi connectivity index (χ3v) is 3.46. The molecule has 0 amide bonds. The van der Waals surface area contributed by atoms with Crippen LogP contribution in [0.5, 0.6) is 0 Å². The number of nitrogens with zero attached hydrogens (tertiary/aromatic N) is 1. The molecule has 0 radical (unpaired) electrons. The van der Waals surface area contributed by atoms with Gasteiger partial charge in [-0.25, -0.2) is 4.79 Å². The SMILES string of the molecule is CO/N=C(/CCC(=O)O[Si](C)(C)C)C(=O)O[Si](C)(C)C. The van der Waals surface area contributed by atoms with Gasteiger partial charge in [-0.1, -0.05) is 5.16 Å². The Balaban J connectivity index is 4.55. The van der Waals surface area contributed by atoms with Crippen molar-refractivity contribution in [2.24, 2.45) is 5.16 Å². The largest absolute Gasteiger partial charge is 0.520 e. The lowest BCUT2D eigenvalue weighted by Gasteiger charge is -2.19. The van der Waals surface area contributed by atoms with Crippen LogP contribution in [0.25, 0.3) is 0 Å². The minimum Gasteiger partial charge on any atom is -0.520 e. The Kier molecular flexibility index (Phi) is 7.14. The van der Waals surface area contributed by atoms with Crippen molar-refractivity contribution in [2.75, 3.05) is 7.11 Å². The summed E-state index contributed by atoms with van der Waals surface area (Å²) in [7, 11) is -2.56. The van der Waals surface area contributed by atoms with Crippen molar-refractivity contribution in [1.82, 2.24) is 0 Å². The van der Waals surface area contributed by atoms with E-state index in [4.69, 9.17) is 8.85 Å². The smallest absolute Gasteiger partial charge is 0.342 e. The Morgan fingerprint density at radius 3 is 1.80 bits per heavy atom. The summed E-state index contributed by atoms with van der Waals surface area (Å²) in [6, 6.07) is 0. The van der Waals surface area contributed by atoms with E-state index >= 15 is 0 Å². The maximum absolute atomic E-state index is 11.9. The summed E-state index contributed by atoms with van der Waals surface area (Å²) >= 11 is 0. The first-order valence-corrected chi connectivity index (χ1v) is 13.3. The number of hydrogen-bond acceptors (Lipinski definition) is 6. The zero-order valence-electron chi connectivity index (χ0n) is 13.4. The normalized spacial score (nSPS) is 12.8. The average Bonchev–Trinajstić information content (AvgIpc) is 2.18. The number of oxime groups is 1. The fourth-order valence-electron chi connectivity index (χ4n) is 1.25. The van der Waals surface area contributed by atoms with Crippen molar-refractivity contribution in [2.45, 2.75) is 52.1 Å². The van der Waals surface area contributed by atoms with Gasteiger partial charge in [0.05, 0.1) is 6.42 Å². The summed E-state index contributed by atoms with van der Waals surface area (Å²) in [5, 5.41) is 3.64. The molecule has 0 aliphatic carbocycles. The molecular weight excluding hydrogens is 294 g/mol. The quantitative estimate of drug-likeness (QED) is 0.409. The summed E-state index contributed by atoms with van der Waals surface area (Å²) in [6.07, 6.45) is 0.244. The van der Waals surface area contributed by atoms with Gasteiger partial charge in [0.1, 0.15) is 7.11 Å². The molecule has 0 aromatic heterocycles. The van der Waals surface area contributed by atoms with Gasteiger partial charge < -0.3 is 13.7 Å². The Morgan fingerprint density at radius 2 is 1.40 bits per heavy atom. The highest BCUT2D eigenvalue weighted by Crippen LogP contribution is 2.09. The topological polar surface area (TPSA) is 74.2 Å². The molecule has 0 aromatic carbocycles. The van der Waals surface area contributed by atoms with Crippen molar-refractivity contribution in [3.63, 3.8) is 0 Å². The molecule has 0 aliphatic heterocycles. The van der Waals surface area contributed by atoms with Crippen LogP contribution in [-0.4, -0.2) is 41.4 Å². The van der Waals surface area contributed by atoms with Crippen molar-refractivity contribution < 1.29 is 23.3 Å². The maximum Gasteiger partial charge on any atom is 0.342 e. The van der Waals surface area contributed by atoms with Crippen molar-refractivity contribution >= 4 is 34.3 Å². The highest BCUT2D eigenvalue weighted by Gasteiger charge is 2.25. The second-order valence-electron chi connectivity index (χ2n) is 6.31. The van der Waals surface area contributed by atoms with E-state index in [1.54, 1.807) is 0 Å². The monoisotopic (exact) mass is 319 g/mol. The molecule has 0 aliphatic rings. The molecule has 0 fully saturated rings. The molecule has 116 valence electrons. The summed E-state index contributed by atoms with van der Waals surface area (Å²) in [5.74, 6) is -0.847. The van der Waals surface area contributed by atoms with Crippen LogP contribution in [0.15, 0.2) is 5.16 Å². The van der Waals surface area contributed by atoms with Crippen LogP contribution >= 0.6 is 0 Å². The van der Waals surface area contributed by atoms with Gasteiger partial charge in [0.25, 0.3) is 5.97 Å². The van der Waals surface area contributed by atoms with E-state index in [-0.39, 0.29) is 24.5 Å². The average molecular weight is 320 g/mol. The standard InChI is InChI=1S/C12H25NO5Si2/c1-16-13-10(12(15)18-20(5,6)7)8-9-11(14)17-19(2,3)4/h8-9H2,1-7H3/b13-10-. The Morgan fingerprint density at radius 1 is 0.900 bits per heavy atom. The number of carbonyl (C=O) groups is 2. The zero-order chi connectivity index (χ0) is 16.0. The fourth-order valence-corrected chi connectivity index (χ4v) is 2.70. The number of carbonyl (C=O) groups excluding carboxylic acids is 2. The van der Waals surface area contributed by atoms with Crippen molar-refractivity contribution in [3.05, 3.63) is 0 Å². The van der Waals surface area contributed by atoms with Gasteiger partial charge >= 0.3 is 5.97 Å². The molecule has 0 saturated heterocycles. The molecule has 0 saturated carbocycles. The maximum atomic E-state index is 11.9. The lowest BCUT2D eigenvalue weighted by Crippen LogP contribution is -2.34. The lowest BCUT2D eigenvalue weighted by molar-refractivity contribution is -0.134.